The first-order valence-electron chi connectivity index (χ1n) is 7.59. The van der Waals surface area contributed by atoms with Gasteiger partial charge in [-0.2, -0.15) is 5.10 Å². The van der Waals surface area contributed by atoms with Crippen molar-refractivity contribution in [1.82, 2.24) is 5.43 Å². The number of benzene rings is 2. The zero-order valence-electron chi connectivity index (χ0n) is 14.0. The molecule has 0 heterocycles. The normalized spacial score (nSPS) is 11.0. The minimum Gasteiger partial charge on any atom is -0.323 e. The van der Waals surface area contributed by atoms with E-state index >= 15 is 0 Å². The highest BCUT2D eigenvalue weighted by molar-refractivity contribution is 6.06. The summed E-state index contributed by atoms with van der Waals surface area (Å²) in [6.07, 6.45) is -0.286. The van der Waals surface area contributed by atoms with Gasteiger partial charge in [-0.25, -0.2) is 14.2 Å². The number of halogens is 2. The van der Waals surface area contributed by atoms with Crippen LogP contribution in [0.1, 0.15) is 23.7 Å². The lowest BCUT2D eigenvalue weighted by Gasteiger charge is -2.06. The van der Waals surface area contributed by atoms with Gasteiger partial charge in [0.25, 0.3) is 11.6 Å². The van der Waals surface area contributed by atoms with Crippen LogP contribution in [0.4, 0.5) is 20.2 Å². The Labute approximate surface area is 152 Å². The Hall–Kier alpha value is -3.69. The number of anilines is 1. The van der Waals surface area contributed by atoms with Crippen molar-refractivity contribution >= 4 is 28.9 Å². The molecule has 2 amide bonds. The summed E-state index contributed by atoms with van der Waals surface area (Å²) in [6, 6.07) is 7.52. The van der Waals surface area contributed by atoms with Crippen LogP contribution in [0.3, 0.4) is 0 Å². The third-order valence-corrected chi connectivity index (χ3v) is 3.31. The molecule has 0 unspecified atom stereocenters. The largest absolute Gasteiger partial charge is 0.323 e. The number of nitro groups is 1. The minimum absolute atomic E-state index is 0.177. The molecule has 140 valence electrons. The summed E-state index contributed by atoms with van der Waals surface area (Å²) in [4.78, 5) is 33.7. The van der Waals surface area contributed by atoms with Crippen molar-refractivity contribution in [2.45, 2.75) is 13.3 Å². The molecule has 0 saturated carbocycles. The molecular weight excluding hydrogens is 362 g/mol. The van der Waals surface area contributed by atoms with Gasteiger partial charge in [0.1, 0.15) is 11.6 Å². The predicted molar refractivity (Wildman–Crippen MR) is 93.3 cm³/mol. The van der Waals surface area contributed by atoms with E-state index in [0.717, 1.165) is 30.3 Å². The van der Waals surface area contributed by atoms with Crippen LogP contribution in [0.2, 0.25) is 0 Å². The average Bonchev–Trinajstić information content (AvgIpc) is 2.62. The van der Waals surface area contributed by atoms with Crippen LogP contribution in [0.25, 0.3) is 0 Å². The maximum Gasteiger partial charge on any atom is 0.271 e. The van der Waals surface area contributed by atoms with Crippen LogP contribution in [-0.2, 0) is 4.79 Å². The zero-order valence-corrected chi connectivity index (χ0v) is 14.0. The van der Waals surface area contributed by atoms with Crippen molar-refractivity contribution in [2.24, 2.45) is 5.10 Å². The first-order valence-corrected chi connectivity index (χ1v) is 7.59. The lowest BCUT2D eigenvalue weighted by Crippen LogP contribution is -2.21. The van der Waals surface area contributed by atoms with Crippen LogP contribution in [0.5, 0.6) is 0 Å². The number of hydrogen-bond donors (Lipinski definition) is 2. The predicted octanol–water partition coefficient (Wildman–Crippen LogP) is 3.01. The fourth-order valence-electron chi connectivity index (χ4n) is 2.00. The lowest BCUT2D eigenvalue weighted by atomic mass is 10.2. The summed E-state index contributed by atoms with van der Waals surface area (Å²) in [5.74, 6) is -2.59. The van der Waals surface area contributed by atoms with E-state index in [1.165, 1.54) is 19.1 Å². The van der Waals surface area contributed by atoms with Crippen molar-refractivity contribution in [3.8, 4) is 0 Å². The van der Waals surface area contributed by atoms with Gasteiger partial charge in [-0.15, -0.1) is 0 Å². The number of hydrogen-bond acceptors (Lipinski definition) is 5. The van der Waals surface area contributed by atoms with E-state index in [1.54, 1.807) is 0 Å². The van der Waals surface area contributed by atoms with Gasteiger partial charge >= 0.3 is 0 Å². The van der Waals surface area contributed by atoms with E-state index in [0.29, 0.717) is 0 Å². The Kier molecular flexibility index (Phi) is 6.26. The molecule has 0 spiro atoms. The molecule has 0 fully saturated rings. The van der Waals surface area contributed by atoms with Crippen LogP contribution < -0.4 is 10.7 Å². The molecule has 0 saturated heterocycles. The molecule has 0 aromatic heterocycles. The van der Waals surface area contributed by atoms with Gasteiger partial charge in [-0.1, -0.05) is 0 Å². The van der Waals surface area contributed by atoms with E-state index < -0.39 is 28.4 Å². The first kappa shape index (κ1) is 19.6. The first-order chi connectivity index (χ1) is 12.8. The smallest absolute Gasteiger partial charge is 0.271 e. The second kappa shape index (κ2) is 8.61. The monoisotopic (exact) mass is 376 g/mol. The molecule has 0 aliphatic rings. The Balaban J connectivity index is 1.96. The third-order valence-electron chi connectivity index (χ3n) is 3.31. The summed E-state index contributed by atoms with van der Waals surface area (Å²) in [6.45, 7) is 1.45. The quantitative estimate of drug-likeness (QED) is 0.458. The number of nitro benzene ring substituents is 1. The Morgan fingerprint density at radius 3 is 2.44 bits per heavy atom. The van der Waals surface area contributed by atoms with Crippen LogP contribution >= 0.6 is 0 Å². The van der Waals surface area contributed by atoms with Gasteiger partial charge in [-0.3, -0.25) is 19.7 Å². The standard InChI is InChI=1S/C17H14F2N4O4/c1-10(21-22-17(25)11-2-4-12(18)5-3-11)8-16(24)20-15-9-13(23(26)27)6-7-14(15)19/h2-7,9H,8H2,1H3,(H,20,24)(H,22,25)/b21-10+. The van der Waals surface area contributed by atoms with Crippen molar-refractivity contribution in [3.63, 3.8) is 0 Å². The Morgan fingerprint density at radius 2 is 1.81 bits per heavy atom. The van der Waals surface area contributed by atoms with Crippen LogP contribution in [0, 0.1) is 21.7 Å². The van der Waals surface area contributed by atoms with E-state index in [9.17, 15) is 28.5 Å². The second-order valence-corrected chi connectivity index (χ2v) is 5.44. The highest BCUT2D eigenvalue weighted by Crippen LogP contribution is 2.21. The van der Waals surface area contributed by atoms with Crippen molar-refractivity contribution in [3.05, 3.63) is 69.8 Å². The molecule has 2 aromatic carbocycles. The molecule has 2 aromatic rings. The van der Waals surface area contributed by atoms with Crippen molar-refractivity contribution in [2.75, 3.05) is 5.32 Å². The van der Waals surface area contributed by atoms with Gasteiger partial charge < -0.3 is 5.32 Å². The fraction of sp³-hybridized carbons (Fsp3) is 0.118. The zero-order chi connectivity index (χ0) is 20.0. The lowest BCUT2D eigenvalue weighted by molar-refractivity contribution is -0.384. The molecule has 0 radical (unpaired) electrons. The Morgan fingerprint density at radius 1 is 1.15 bits per heavy atom. The fourth-order valence-corrected chi connectivity index (χ4v) is 2.00. The average molecular weight is 376 g/mol. The van der Waals surface area contributed by atoms with Crippen LogP contribution in [-0.4, -0.2) is 22.4 Å². The molecule has 0 aliphatic carbocycles. The topological polar surface area (TPSA) is 114 Å². The molecule has 10 heteroatoms. The van der Waals surface area contributed by atoms with Gasteiger partial charge in [-0.05, 0) is 37.3 Å². The third kappa shape index (κ3) is 5.66. The molecule has 0 bridgehead atoms. The Bertz CT molecular complexity index is 914. The van der Waals surface area contributed by atoms with E-state index in [1.807, 2.05) is 0 Å². The molecule has 0 atom stereocenters. The highest BCUT2D eigenvalue weighted by Gasteiger charge is 2.14. The van der Waals surface area contributed by atoms with E-state index in [2.05, 4.69) is 15.8 Å². The van der Waals surface area contributed by atoms with Gasteiger partial charge in [0.2, 0.25) is 5.91 Å². The summed E-state index contributed by atoms with van der Waals surface area (Å²) >= 11 is 0. The number of non-ortho nitro benzene ring substituents is 1. The van der Waals surface area contributed by atoms with Crippen molar-refractivity contribution < 1.29 is 23.3 Å². The SMILES string of the molecule is C/C(CC(=O)Nc1cc([N+](=O)[O-])ccc1F)=N\NC(=O)c1ccc(F)cc1. The molecule has 8 nitrogen and oxygen atoms in total. The van der Waals surface area contributed by atoms with Gasteiger partial charge in [0.05, 0.1) is 17.0 Å². The molecule has 2 rings (SSSR count). The van der Waals surface area contributed by atoms with Crippen LogP contribution in [0.15, 0.2) is 47.6 Å². The summed E-state index contributed by atoms with van der Waals surface area (Å²) in [5, 5.41) is 16.6. The second-order valence-electron chi connectivity index (χ2n) is 5.44. The summed E-state index contributed by atoms with van der Waals surface area (Å²) in [5.41, 5.74) is 1.88. The maximum atomic E-state index is 13.6. The number of carbonyl (C=O) groups is 2. The number of amides is 2. The summed E-state index contributed by atoms with van der Waals surface area (Å²) < 4.78 is 26.5. The summed E-state index contributed by atoms with van der Waals surface area (Å²) in [7, 11) is 0. The highest BCUT2D eigenvalue weighted by atomic mass is 19.1. The van der Waals surface area contributed by atoms with E-state index in [4.69, 9.17) is 0 Å². The number of hydrazone groups is 1. The van der Waals surface area contributed by atoms with Gasteiger partial charge in [0.15, 0.2) is 0 Å². The number of nitrogens with zero attached hydrogens (tertiary/aromatic N) is 2. The number of nitrogens with one attached hydrogen (secondary N) is 2. The molecular formula is C17H14F2N4O4. The molecule has 0 aliphatic heterocycles. The van der Waals surface area contributed by atoms with Gasteiger partial charge in [0, 0.05) is 23.4 Å². The van der Waals surface area contributed by atoms with Crippen molar-refractivity contribution in [1.29, 1.82) is 0 Å². The molecule has 27 heavy (non-hydrogen) atoms. The minimum atomic E-state index is -0.826. The molecule has 2 N–H and O–H groups in total. The number of carbonyl (C=O) groups excluding carboxylic acids is 2. The number of rotatable bonds is 6. The maximum absolute atomic E-state index is 13.6. The van der Waals surface area contributed by atoms with E-state index in [-0.39, 0.29) is 29.1 Å².